The van der Waals surface area contributed by atoms with Crippen molar-refractivity contribution in [1.29, 1.82) is 0 Å². The second kappa shape index (κ2) is 10.3. The molecule has 6 rings (SSSR count). The highest BCUT2D eigenvalue weighted by molar-refractivity contribution is 6.35. The van der Waals surface area contributed by atoms with Crippen LogP contribution in [0.4, 0.5) is 11.4 Å². The summed E-state index contributed by atoms with van der Waals surface area (Å²) in [4.78, 5) is 17.6. The van der Waals surface area contributed by atoms with Gasteiger partial charge >= 0.3 is 0 Å². The first-order valence-electron chi connectivity index (χ1n) is 13.8. The molecule has 8 nitrogen and oxygen atoms in total. The van der Waals surface area contributed by atoms with E-state index in [9.17, 15) is 4.79 Å². The van der Waals surface area contributed by atoms with E-state index < -0.39 is 0 Å². The summed E-state index contributed by atoms with van der Waals surface area (Å²) in [5, 5.41) is 12.3. The van der Waals surface area contributed by atoms with Crippen LogP contribution in [0.15, 0.2) is 65.5 Å². The smallest absolute Gasteiger partial charge is 0.258 e. The molecular formula is C32H34ClN7O. The van der Waals surface area contributed by atoms with Crippen molar-refractivity contribution in [3.63, 3.8) is 0 Å². The van der Waals surface area contributed by atoms with Gasteiger partial charge in [-0.3, -0.25) is 14.8 Å². The van der Waals surface area contributed by atoms with Gasteiger partial charge in [-0.25, -0.2) is 0 Å². The van der Waals surface area contributed by atoms with Gasteiger partial charge in [0.05, 0.1) is 33.5 Å². The number of hydrogen-bond acceptors (Lipinski definition) is 7. The van der Waals surface area contributed by atoms with Gasteiger partial charge in [0.15, 0.2) is 0 Å². The number of terminal acetylenes is 1. The minimum Gasteiger partial charge on any atom is -0.383 e. The molecule has 1 atom stereocenters. The number of pyridine rings is 2. The SMILES string of the molecule is C#Cc1cnc2c(Cl)cc(N[C@H](C3=CN(C4CC4)NN3)c3cccc4c(=O)n(C)ccc34)cc2c1NCC(C)(C)C. The van der Waals surface area contributed by atoms with Crippen molar-refractivity contribution in [2.24, 2.45) is 12.5 Å². The Morgan fingerprint density at radius 1 is 1.20 bits per heavy atom. The average Bonchev–Trinajstić information content (AvgIpc) is 3.68. The van der Waals surface area contributed by atoms with Gasteiger partial charge in [0, 0.05) is 54.7 Å². The minimum atomic E-state index is -0.315. The summed E-state index contributed by atoms with van der Waals surface area (Å²) in [5.41, 5.74) is 11.6. The highest BCUT2D eigenvalue weighted by Gasteiger charge is 2.33. The van der Waals surface area contributed by atoms with E-state index in [1.807, 2.05) is 36.5 Å². The molecule has 210 valence electrons. The fourth-order valence-corrected chi connectivity index (χ4v) is 5.45. The van der Waals surface area contributed by atoms with Crippen molar-refractivity contribution in [3.8, 4) is 12.3 Å². The van der Waals surface area contributed by atoms with E-state index in [2.05, 4.69) is 70.5 Å². The summed E-state index contributed by atoms with van der Waals surface area (Å²) < 4.78 is 1.60. The topological polar surface area (TPSA) is 86.2 Å². The van der Waals surface area contributed by atoms with E-state index in [1.54, 1.807) is 17.8 Å². The Bertz CT molecular complexity index is 1790. The van der Waals surface area contributed by atoms with Gasteiger partial charge < -0.3 is 20.6 Å². The van der Waals surface area contributed by atoms with Crippen molar-refractivity contribution < 1.29 is 0 Å². The minimum absolute atomic E-state index is 0.0367. The molecule has 9 heteroatoms. The summed E-state index contributed by atoms with van der Waals surface area (Å²) >= 11 is 6.84. The number of fused-ring (bicyclic) bond motifs is 2. The van der Waals surface area contributed by atoms with Gasteiger partial charge in [-0.1, -0.05) is 50.4 Å². The van der Waals surface area contributed by atoms with Gasteiger partial charge in [-0.2, -0.15) is 0 Å². The van der Waals surface area contributed by atoms with Crippen molar-refractivity contribution in [2.45, 2.75) is 45.7 Å². The molecule has 0 radical (unpaired) electrons. The van der Waals surface area contributed by atoms with E-state index in [4.69, 9.17) is 18.0 Å². The lowest BCUT2D eigenvalue weighted by molar-refractivity contribution is 0.260. The fourth-order valence-electron chi connectivity index (χ4n) is 5.18. The number of halogens is 1. The molecule has 0 saturated heterocycles. The summed E-state index contributed by atoms with van der Waals surface area (Å²) in [6, 6.07) is 11.9. The van der Waals surface area contributed by atoms with Crippen LogP contribution < -0.4 is 27.2 Å². The zero-order valence-corrected chi connectivity index (χ0v) is 24.4. The Morgan fingerprint density at radius 3 is 2.73 bits per heavy atom. The van der Waals surface area contributed by atoms with Gasteiger partial charge in [-0.05, 0) is 53.5 Å². The zero-order chi connectivity index (χ0) is 28.9. The largest absolute Gasteiger partial charge is 0.383 e. The zero-order valence-electron chi connectivity index (χ0n) is 23.7. The van der Waals surface area contributed by atoms with Crippen LogP contribution in [-0.2, 0) is 7.05 Å². The van der Waals surface area contributed by atoms with Crippen LogP contribution in [-0.4, -0.2) is 27.1 Å². The number of hydrazine groups is 2. The first kappa shape index (κ1) is 27.0. The number of nitrogens with zero attached hydrogens (tertiary/aromatic N) is 3. The Hall–Kier alpha value is -4.19. The molecule has 0 unspecified atom stereocenters. The predicted octanol–water partition coefficient (Wildman–Crippen LogP) is 5.66. The van der Waals surface area contributed by atoms with E-state index in [1.165, 1.54) is 0 Å². The molecule has 1 saturated carbocycles. The second-order valence-electron chi connectivity index (χ2n) is 12.0. The lowest BCUT2D eigenvalue weighted by Gasteiger charge is -2.24. The third-order valence-corrected chi connectivity index (χ3v) is 7.80. The van der Waals surface area contributed by atoms with Crippen LogP contribution in [0.3, 0.4) is 0 Å². The van der Waals surface area contributed by atoms with Gasteiger partial charge in [0.1, 0.15) is 0 Å². The summed E-state index contributed by atoms with van der Waals surface area (Å²) in [5.74, 6) is 2.77. The average molecular weight is 568 g/mol. The van der Waals surface area contributed by atoms with Gasteiger partial charge in [-0.15, -0.1) is 12.0 Å². The van der Waals surface area contributed by atoms with Crippen molar-refractivity contribution in [3.05, 3.63) is 87.2 Å². The van der Waals surface area contributed by atoms with Crippen molar-refractivity contribution >= 4 is 44.7 Å². The number of nitrogens with one attached hydrogen (secondary N) is 4. The molecule has 0 amide bonds. The summed E-state index contributed by atoms with van der Waals surface area (Å²) in [6.07, 6.45) is 13.8. The number of hydrogen-bond donors (Lipinski definition) is 4. The quantitative estimate of drug-likeness (QED) is 0.214. The molecule has 2 aromatic heterocycles. The maximum Gasteiger partial charge on any atom is 0.258 e. The van der Waals surface area contributed by atoms with Crippen molar-refractivity contribution in [1.82, 2.24) is 25.5 Å². The van der Waals surface area contributed by atoms with E-state index in [-0.39, 0.29) is 17.0 Å². The van der Waals surface area contributed by atoms with Gasteiger partial charge in [0.2, 0.25) is 0 Å². The number of aromatic nitrogens is 2. The molecule has 4 N–H and O–H groups in total. The van der Waals surface area contributed by atoms with E-state index >= 15 is 0 Å². The van der Waals surface area contributed by atoms with Crippen LogP contribution >= 0.6 is 11.6 Å². The number of benzene rings is 2. The fraction of sp³-hybridized carbons (Fsp3) is 0.312. The maximum absolute atomic E-state index is 13.0. The Labute approximate surface area is 244 Å². The van der Waals surface area contributed by atoms with Crippen molar-refractivity contribution in [2.75, 3.05) is 17.2 Å². The monoisotopic (exact) mass is 567 g/mol. The molecule has 1 aliphatic heterocycles. The number of rotatable bonds is 7. The number of aryl methyl sites for hydroxylation is 1. The molecule has 3 heterocycles. The lowest BCUT2D eigenvalue weighted by Crippen LogP contribution is -2.38. The predicted molar refractivity (Wildman–Crippen MR) is 167 cm³/mol. The highest BCUT2D eigenvalue weighted by Crippen LogP contribution is 2.38. The molecule has 0 spiro atoms. The Kier molecular flexibility index (Phi) is 6.80. The third kappa shape index (κ3) is 5.31. The van der Waals surface area contributed by atoms with Crippen LogP contribution in [0.5, 0.6) is 0 Å². The summed E-state index contributed by atoms with van der Waals surface area (Å²) in [6.45, 7) is 7.23. The van der Waals surface area contributed by atoms with E-state index in [0.717, 1.165) is 52.8 Å². The molecule has 2 aromatic carbocycles. The molecule has 1 aliphatic carbocycles. The summed E-state index contributed by atoms with van der Waals surface area (Å²) in [7, 11) is 1.77. The first-order valence-corrected chi connectivity index (χ1v) is 14.2. The first-order chi connectivity index (χ1) is 19.6. The maximum atomic E-state index is 13.0. The molecule has 41 heavy (non-hydrogen) atoms. The Morgan fingerprint density at radius 2 is 2.00 bits per heavy atom. The molecule has 0 bridgehead atoms. The highest BCUT2D eigenvalue weighted by atomic mass is 35.5. The van der Waals surface area contributed by atoms with Crippen LogP contribution in [0.1, 0.15) is 50.8 Å². The number of anilines is 2. The standard InChI is InChI=1S/C32H34ClN7O/c1-6-19-16-34-29-25(28(19)35-18-32(2,3)4)14-20(15-26(29)33)36-30(27-17-40(38-37-27)21-10-11-21)23-8-7-9-24-22(23)12-13-39(5)31(24)41/h1,7-9,12-17,21,30,36-38H,10-11,18H2,2-5H3,(H,34,35)/t30-/m0/s1. The molecule has 4 aromatic rings. The normalized spacial score (nSPS) is 15.9. The third-order valence-electron chi connectivity index (χ3n) is 7.51. The molecule has 2 aliphatic rings. The molecule has 1 fully saturated rings. The van der Waals surface area contributed by atoms with E-state index in [0.29, 0.717) is 27.5 Å². The van der Waals surface area contributed by atoms with Gasteiger partial charge in [0.25, 0.3) is 5.56 Å². The van der Waals surface area contributed by atoms with Crippen LogP contribution in [0.2, 0.25) is 5.02 Å². The second-order valence-corrected chi connectivity index (χ2v) is 12.4. The Balaban J connectivity index is 1.48. The van der Waals surface area contributed by atoms with Crippen LogP contribution in [0, 0.1) is 17.8 Å². The lowest BCUT2D eigenvalue weighted by atomic mass is 9.96. The molecular weight excluding hydrogens is 534 g/mol. The van der Waals surface area contributed by atoms with Crippen LogP contribution in [0.25, 0.3) is 21.7 Å².